The Morgan fingerprint density at radius 2 is 2.12 bits per heavy atom. The van der Waals surface area contributed by atoms with Gasteiger partial charge in [-0.05, 0) is 32.0 Å². The number of hydrogen-bond donors (Lipinski definition) is 2. The SMILES string of the molecule is CC(C)(N)c1ncc(-c2ccc(F)cc2Cl)[nH]1. The maximum Gasteiger partial charge on any atom is 0.126 e. The first-order chi connectivity index (χ1) is 7.88. The summed E-state index contributed by atoms with van der Waals surface area (Å²) in [6, 6.07) is 4.23. The molecule has 0 bridgehead atoms. The fourth-order valence-electron chi connectivity index (χ4n) is 1.49. The highest BCUT2D eigenvalue weighted by molar-refractivity contribution is 6.33. The van der Waals surface area contributed by atoms with E-state index in [0.29, 0.717) is 16.4 Å². The molecule has 0 saturated heterocycles. The zero-order valence-electron chi connectivity index (χ0n) is 9.59. The van der Waals surface area contributed by atoms with Crippen molar-refractivity contribution in [2.45, 2.75) is 19.4 Å². The van der Waals surface area contributed by atoms with Crippen LogP contribution in [0.3, 0.4) is 0 Å². The fraction of sp³-hybridized carbons (Fsp3) is 0.250. The molecule has 0 amide bonds. The lowest BCUT2D eigenvalue weighted by atomic mass is 10.1. The van der Waals surface area contributed by atoms with E-state index in [-0.39, 0.29) is 5.82 Å². The Hall–Kier alpha value is -1.39. The van der Waals surface area contributed by atoms with Crippen molar-refractivity contribution in [3.63, 3.8) is 0 Å². The first-order valence-corrected chi connectivity index (χ1v) is 5.55. The van der Waals surface area contributed by atoms with Gasteiger partial charge in [-0.2, -0.15) is 0 Å². The molecule has 3 N–H and O–H groups in total. The van der Waals surface area contributed by atoms with Crippen LogP contribution >= 0.6 is 11.6 Å². The molecule has 0 saturated carbocycles. The number of nitrogens with one attached hydrogen (secondary N) is 1. The fourth-order valence-corrected chi connectivity index (χ4v) is 1.76. The molecule has 3 nitrogen and oxygen atoms in total. The number of nitrogens with two attached hydrogens (primary N) is 1. The van der Waals surface area contributed by atoms with Crippen LogP contribution < -0.4 is 5.73 Å². The lowest BCUT2D eigenvalue weighted by Gasteiger charge is -2.14. The molecule has 17 heavy (non-hydrogen) atoms. The minimum absolute atomic E-state index is 0.343. The van der Waals surface area contributed by atoms with E-state index in [9.17, 15) is 4.39 Å². The van der Waals surface area contributed by atoms with E-state index in [2.05, 4.69) is 9.97 Å². The molecule has 0 aliphatic rings. The number of H-pyrrole nitrogens is 1. The number of imidazole rings is 1. The summed E-state index contributed by atoms with van der Waals surface area (Å²) in [6.45, 7) is 3.70. The maximum absolute atomic E-state index is 12.9. The average Bonchev–Trinajstić information content (AvgIpc) is 2.65. The van der Waals surface area contributed by atoms with Gasteiger partial charge in [-0.1, -0.05) is 11.6 Å². The minimum Gasteiger partial charge on any atom is -0.340 e. The van der Waals surface area contributed by atoms with Crippen molar-refractivity contribution in [3.05, 3.63) is 41.1 Å². The van der Waals surface area contributed by atoms with Gasteiger partial charge in [0.05, 0.1) is 22.5 Å². The number of aromatic amines is 1. The number of aromatic nitrogens is 2. The molecule has 0 aliphatic heterocycles. The van der Waals surface area contributed by atoms with Crippen LogP contribution in [0.4, 0.5) is 4.39 Å². The number of halogens is 2. The van der Waals surface area contributed by atoms with Crippen LogP contribution in [0.2, 0.25) is 5.02 Å². The van der Waals surface area contributed by atoms with Gasteiger partial charge >= 0.3 is 0 Å². The predicted molar refractivity (Wildman–Crippen MR) is 66.2 cm³/mol. The van der Waals surface area contributed by atoms with E-state index in [0.717, 1.165) is 5.69 Å². The lowest BCUT2D eigenvalue weighted by molar-refractivity contribution is 0.520. The monoisotopic (exact) mass is 253 g/mol. The molecule has 2 rings (SSSR count). The zero-order chi connectivity index (χ0) is 12.6. The second-order valence-electron chi connectivity index (χ2n) is 4.49. The second-order valence-corrected chi connectivity index (χ2v) is 4.90. The molecule has 1 aromatic heterocycles. The van der Waals surface area contributed by atoms with Crippen molar-refractivity contribution in [3.8, 4) is 11.3 Å². The minimum atomic E-state index is -0.551. The molecule has 2 aromatic rings. The van der Waals surface area contributed by atoms with Gasteiger partial charge in [0.2, 0.25) is 0 Å². The van der Waals surface area contributed by atoms with Crippen LogP contribution in [-0.4, -0.2) is 9.97 Å². The summed E-state index contributed by atoms with van der Waals surface area (Å²) in [5.41, 5.74) is 6.80. The molecular weight excluding hydrogens is 241 g/mol. The molecule has 0 spiro atoms. The molecular formula is C12H13ClFN3. The van der Waals surface area contributed by atoms with Gasteiger partial charge in [0.1, 0.15) is 11.6 Å². The van der Waals surface area contributed by atoms with Crippen molar-refractivity contribution in [1.82, 2.24) is 9.97 Å². The number of rotatable bonds is 2. The van der Waals surface area contributed by atoms with Crippen molar-refractivity contribution in [2.24, 2.45) is 5.73 Å². The highest BCUT2D eigenvalue weighted by Gasteiger charge is 2.18. The van der Waals surface area contributed by atoms with E-state index in [1.807, 2.05) is 13.8 Å². The largest absolute Gasteiger partial charge is 0.340 e. The first kappa shape index (κ1) is 12.1. The van der Waals surface area contributed by atoms with Crippen LogP contribution in [0.25, 0.3) is 11.3 Å². The summed E-state index contributed by atoms with van der Waals surface area (Å²) >= 11 is 5.97. The lowest BCUT2D eigenvalue weighted by Crippen LogP contribution is -2.30. The molecule has 0 unspecified atom stereocenters. The molecule has 90 valence electrons. The van der Waals surface area contributed by atoms with E-state index >= 15 is 0 Å². The third kappa shape index (κ3) is 2.48. The molecule has 0 aliphatic carbocycles. The summed E-state index contributed by atoms with van der Waals surface area (Å²) < 4.78 is 12.9. The Morgan fingerprint density at radius 3 is 2.65 bits per heavy atom. The van der Waals surface area contributed by atoms with Gasteiger partial charge in [0, 0.05) is 5.56 Å². The van der Waals surface area contributed by atoms with Gasteiger partial charge < -0.3 is 10.7 Å². The highest BCUT2D eigenvalue weighted by atomic mass is 35.5. The summed E-state index contributed by atoms with van der Waals surface area (Å²) in [7, 11) is 0. The summed E-state index contributed by atoms with van der Waals surface area (Å²) in [5.74, 6) is 0.297. The van der Waals surface area contributed by atoms with Crippen LogP contribution in [-0.2, 0) is 5.54 Å². The normalized spacial score (nSPS) is 11.8. The van der Waals surface area contributed by atoms with Crippen LogP contribution in [0.5, 0.6) is 0 Å². The van der Waals surface area contributed by atoms with Gasteiger partial charge in [-0.15, -0.1) is 0 Å². The quantitative estimate of drug-likeness (QED) is 0.864. The smallest absolute Gasteiger partial charge is 0.126 e. The topological polar surface area (TPSA) is 54.7 Å². The van der Waals surface area contributed by atoms with Gasteiger partial charge in [-0.3, -0.25) is 0 Å². The Labute approximate surface area is 104 Å². The van der Waals surface area contributed by atoms with E-state index in [1.165, 1.54) is 12.1 Å². The molecule has 0 fully saturated rings. The van der Waals surface area contributed by atoms with Crippen molar-refractivity contribution >= 4 is 11.6 Å². The van der Waals surface area contributed by atoms with Gasteiger partial charge in [-0.25, -0.2) is 9.37 Å². The Bertz CT molecular complexity index is 543. The summed E-state index contributed by atoms with van der Waals surface area (Å²) in [5, 5.41) is 0.343. The van der Waals surface area contributed by atoms with E-state index in [1.54, 1.807) is 12.3 Å². The third-order valence-electron chi connectivity index (χ3n) is 2.41. The second kappa shape index (κ2) is 4.13. The molecule has 0 radical (unpaired) electrons. The Morgan fingerprint density at radius 1 is 1.41 bits per heavy atom. The van der Waals surface area contributed by atoms with Gasteiger partial charge in [0.15, 0.2) is 0 Å². The molecule has 1 aromatic carbocycles. The number of hydrogen-bond acceptors (Lipinski definition) is 2. The van der Waals surface area contributed by atoms with E-state index in [4.69, 9.17) is 17.3 Å². The van der Waals surface area contributed by atoms with Crippen molar-refractivity contribution < 1.29 is 4.39 Å². The number of nitrogens with zero attached hydrogens (tertiary/aromatic N) is 1. The van der Waals surface area contributed by atoms with Crippen LogP contribution in [0, 0.1) is 5.82 Å². The number of benzene rings is 1. The standard InChI is InChI=1S/C12H13ClFN3/c1-12(2,15)11-16-6-10(17-11)8-4-3-7(14)5-9(8)13/h3-6H,15H2,1-2H3,(H,16,17). The third-order valence-corrected chi connectivity index (χ3v) is 2.72. The average molecular weight is 254 g/mol. The molecule has 5 heteroatoms. The van der Waals surface area contributed by atoms with E-state index < -0.39 is 5.54 Å². The first-order valence-electron chi connectivity index (χ1n) is 5.18. The van der Waals surface area contributed by atoms with Gasteiger partial charge in [0.25, 0.3) is 0 Å². The predicted octanol–water partition coefficient (Wildman–Crippen LogP) is 3.06. The zero-order valence-corrected chi connectivity index (χ0v) is 10.3. The molecule has 0 atom stereocenters. The summed E-state index contributed by atoms with van der Waals surface area (Å²) in [4.78, 5) is 7.28. The van der Waals surface area contributed by atoms with Crippen LogP contribution in [0.1, 0.15) is 19.7 Å². The van der Waals surface area contributed by atoms with Crippen LogP contribution in [0.15, 0.2) is 24.4 Å². The Balaban J connectivity index is 2.44. The van der Waals surface area contributed by atoms with Crippen molar-refractivity contribution in [1.29, 1.82) is 0 Å². The maximum atomic E-state index is 12.9. The molecule has 1 heterocycles. The van der Waals surface area contributed by atoms with Crippen molar-refractivity contribution in [2.75, 3.05) is 0 Å². The highest BCUT2D eigenvalue weighted by Crippen LogP contribution is 2.28. The summed E-state index contributed by atoms with van der Waals surface area (Å²) in [6.07, 6.45) is 1.64. The Kier molecular flexibility index (Phi) is 2.93.